The summed E-state index contributed by atoms with van der Waals surface area (Å²) in [6.07, 6.45) is 1.96. The number of carbonyl (C=O) groups is 1. The van der Waals surface area contributed by atoms with E-state index in [-0.39, 0.29) is 18.6 Å². The first-order valence-electron chi connectivity index (χ1n) is 7.39. The lowest BCUT2D eigenvalue weighted by Gasteiger charge is -2.15. The fourth-order valence-electron chi connectivity index (χ4n) is 2.86. The molecule has 0 bridgehead atoms. The van der Waals surface area contributed by atoms with Gasteiger partial charge in [-0.1, -0.05) is 35.9 Å². The number of carbonyl (C=O) groups excluding carboxylic acids is 1. The van der Waals surface area contributed by atoms with Gasteiger partial charge in [0.05, 0.1) is 6.04 Å². The lowest BCUT2D eigenvalue weighted by molar-refractivity contribution is -0.123. The van der Waals surface area contributed by atoms with Crippen molar-refractivity contribution in [2.24, 2.45) is 0 Å². The Morgan fingerprint density at radius 3 is 2.95 bits per heavy atom. The fourth-order valence-corrected chi connectivity index (χ4v) is 3.09. The van der Waals surface area contributed by atoms with Crippen molar-refractivity contribution >= 4 is 17.5 Å². The Bertz CT molecular complexity index is 699. The van der Waals surface area contributed by atoms with Crippen LogP contribution in [0.15, 0.2) is 42.5 Å². The second kappa shape index (κ2) is 6.41. The van der Waals surface area contributed by atoms with Gasteiger partial charge in [0.1, 0.15) is 5.75 Å². The molecule has 22 heavy (non-hydrogen) atoms. The van der Waals surface area contributed by atoms with E-state index in [4.69, 9.17) is 16.3 Å². The van der Waals surface area contributed by atoms with E-state index in [9.17, 15) is 4.79 Å². The Balaban J connectivity index is 1.57. The first-order valence-corrected chi connectivity index (χ1v) is 7.77. The Morgan fingerprint density at radius 1 is 1.32 bits per heavy atom. The van der Waals surface area contributed by atoms with E-state index in [1.165, 1.54) is 11.1 Å². The minimum Gasteiger partial charge on any atom is -0.484 e. The zero-order valence-electron chi connectivity index (χ0n) is 12.4. The Hall–Kier alpha value is -2.00. The molecule has 114 valence electrons. The van der Waals surface area contributed by atoms with Gasteiger partial charge in [-0.3, -0.25) is 4.79 Å². The molecule has 1 atom stereocenters. The number of benzene rings is 2. The van der Waals surface area contributed by atoms with Crippen LogP contribution in [0, 0.1) is 6.92 Å². The van der Waals surface area contributed by atoms with Crippen molar-refractivity contribution in [3.63, 3.8) is 0 Å². The van der Waals surface area contributed by atoms with E-state index in [2.05, 4.69) is 17.4 Å². The van der Waals surface area contributed by atoms with Gasteiger partial charge in [0.25, 0.3) is 5.91 Å². The molecule has 1 aliphatic rings. The van der Waals surface area contributed by atoms with Crippen LogP contribution in [-0.4, -0.2) is 12.5 Å². The van der Waals surface area contributed by atoms with E-state index in [0.717, 1.165) is 18.4 Å². The summed E-state index contributed by atoms with van der Waals surface area (Å²) in [6, 6.07) is 13.7. The van der Waals surface area contributed by atoms with Gasteiger partial charge in [-0.05, 0) is 54.7 Å². The highest BCUT2D eigenvalue weighted by Crippen LogP contribution is 2.30. The Kier molecular flexibility index (Phi) is 4.34. The van der Waals surface area contributed by atoms with Crippen LogP contribution in [0.4, 0.5) is 0 Å². The van der Waals surface area contributed by atoms with Gasteiger partial charge in [-0.15, -0.1) is 0 Å². The molecule has 1 amide bonds. The van der Waals surface area contributed by atoms with Gasteiger partial charge in [-0.25, -0.2) is 0 Å². The fraction of sp³-hybridized carbons (Fsp3) is 0.278. The summed E-state index contributed by atoms with van der Waals surface area (Å²) in [5.41, 5.74) is 3.47. The SMILES string of the molecule is Cc1cc(Cl)ccc1OCC(=O)N[C@@H]1CCc2ccccc21. The molecule has 0 spiro atoms. The molecule has 1 N–H and O–H groups in total. The molecule has 3 rings (SSSR count). The summed E-state index contributed by atoms with van der Waals surface area (Å²) in [4.78, 5) is 12.1. The maximum Gasteiger partial charge on any atom is 0.258 e. The van der Waals surface area contributed by atoms with Crippen LogP contribution in [0.3, 0.4) is 0 Å². The molecule has 0 aliphatic heterocycles. The zero-order valence-corrected chi connectivity index (χ0v) is 13.2. The van der Waals surface area contributed by atoms with Crippen molar-refractivity contribution in [1.29, 1.82) is 0 Å². The Labute approximate surface area is 135 Å². The molecule has 0 radical (unpaired) electrons. The van der Waals surface area contributed by atoms with Gasteiger partial charge >= 0.3 is 0 Å². The first kappa shape index (κ1) is 14.9. The van der Waals surface area contributed by atoms with Gasteiger partial charge in [0, 0.05) is 5.02 Å². The van der Waals surface area contributed by atoms with Crippen LogP contribution in [0.25, 0.3) is 0 Å². The lowest BCUT2D eigenvalue weighted by Crippen LogP contribution is -2.31. The molecule has 0 heterocycles. The molecule has 0 unspecified atom stereocenters. The van der Waals surface area contributed by atoms with E-state index < -0.39 is 0 Å². The molecule has 2 aromatic rings. The van der Waals surface area contributed by atoms with Crippen LogP contribution in [0.2, 0.25) is 5.02 Å². The van der Waals surface area contributed by atoms with Gasteiger partial charge in [0.15, 0.2) is 6.61 Å². The van der Waals surface area contributed by atoms with Crippen LogP contribution in [-0.2, 0) is 11.2 Å². The van der Waals surface area contributed by atoms with E-state index in [0.29, 0.717) is 10.8 Å². The lowest BCUT2D eigenvalue weighted by atomic mass is 10.1. The smallest absolute Gasteiger partial charge is 0.258 e. The van der Waals surface area contributed by atoms with Gasteiger partial charge < -0.3 is 10.1 Å². The Morgan fingerprint density at radius 2 is 2.14 bits per heavy atom. The topological polar surface area (TPSA) is 38.3 Å². The van der Waals surface area contributed by atoms with Crippen LogP contribution in [0.1, 0.15) is 29.2 Å². The number of hydrogen-bond donors (Lipinski definition) is 1. The molecule has 4 heteroatoms. The maximum atomic E-state index is 12.1. The summed E-state index contributed by atoms with van der Waals surface area (Å²) in [6.45, 7) is 1.92. The summed E-state index contributed by atoms with van der Waals surface area (Å²) in [7, 11) is 0. The third kappa shape index (κ3) is 3.25. The number of amides is 1. The third-order valence-corrected chi connectivity index (χ3v) is 4.20. The maximum absolute atomic E-state index is 12.1. The second-order valence-electron chi connectivity index (χ2n) is 5.56. The van der Waals surface area contributed by atoms with Gasteiger partial charge in [0.2, 0.25) is 0 Å². The van der Waals surface area contributed by atoms with Crippen molar-refractivity contribution in [1.82, 2.24) is 5.32 Å². The molecular formula is C18H18ClNO2. The molecular weight excluding hydrogens is 298 g/mol. The van der Waals surface area contributed by atoms with Crippen molar-refractivity contribution in [2.45, 2.75) is 25.8 Å². The summed E-state index contributed by atoms with van der Waals surface area (Å²) >= 11 is 5.91. The summed E-state index contributed by atoms with van der Waals surface area (Å²) in [5.74, 6) is 0.586. The number of fused-ring (bicyclic) bond motifs is 1. The standard InChI is InChI=1S/C18H18ClNO2/c1-12-10-14(19)7-9-17(12)22-11-18(21)20-16-8-6-13-4-2-3-5-15(13)16/h2-5,7,9-10,16H,6,8,11H2,1H3,(H,20,21)/t16-/m1/s1. The van der Waals surface area contributed by atoms with Crippen LogP contribution >= 0.6 is 11.6 Å². The molecule has 3 nitrogen and oxygen atoms in total. The normalized spacial score (nSPS) is 16.2. The van der Waals surface area contributed by atoms with Crippen molar-refractivity contribution in [3.8, 4) is 5.75 Å². The quantitative estimate of drug-likeness (QED) is 0.931. The highest BCUT2D eigenvalue weighted by Gasteiger charge is 2.23. The minimum absolute atomic E-state index is 0.0150. The molecule has 1 aliphatic carbocycles. The average molecular weight is 316 g/mol. The van der Waals surface area contributed by atoms with Crippen molar-refractivity contribution in [3.05, 3.63) is 64.2 Å². The number of ether oxygens (including phenoxy) is 1. The summed E-state index contributed by atoms with van der Waals surface area (Å²) < 4.78 is 5.58. The largest absolute Gasteiger partial charge is 0.484 e. The van der Waals surface area contributed by atoms with Crippen LogP contribution < -0.4 is 10.1 Å². The summed E-state index contributed by atoms with van der Waals surface area (Å²) in [5, 5.41) is 3.71. The zero-order chi connectivity index (χ0) is 15.5. The van der Waals surface area contributed by atoms with E-state index >= 15 is 0 Å². The van der Waals surface area contributed by atoms with E-state index in [1.807, 2.05) is 25.1 Å². The van der Waals surface area contributed by atoms with Crippen molar-refractivity contribution < 1.29 is 9.53 Å². The van der Waals surface area contributed by atoms with Gasteiger partial charge in [-0.2, -0.15) is 0 Å². The molecule has 2 aromatic carbocycles. The highest BCUT2D eigenvalue weighted by molar-refractivity contribution is 6.30. The minimum atomic E-state index is -0.101. The average Bonchev–Trinajstić information content (AvgIpc) is 2.90. The number of aryl methyl sites for hydroxylation is 2. The number of halogens is 1. The molecule has 0 saturated carbocycles. The third-order valence-electron chi connectivity index (χ3n) is 3.96. The number of hydrogen-bond acceptors (Lipinski definition) is 2. The van der Waals surface area contributed by atoms with Crippen molar-refractivity contribution in [2.75, 3.05) is 6.61 Å². The number of rotatable bonds is 4. The molecule has 0 saturated heterocycles. The molecule has 0 fully saturated rings. The van der Waals surface area contributed by atoms with E-state index in [1.54, 1.807) is 12.1 Å². The highest BCUT2D eigenvalue weighted by atomic mass is 35.5. The monoisotopic (exact) mass is 315 g/mol. The number of nitrogens with one attached hydrogen (secondary N) is 1. The van der Waals surface area contributed by atoms with Crippen LogP contribution in [0.5, 0.6) is 5.75 Å². The molecule has 0 aromatic heterocycles. The second-order valence-corrected chi connectivity index (χ2v) is 5.99. The predicted octanol–water partition coefficient (Wildman–Crippen LogP) is 3.83. The predicted molar refractivity (Wildman–Crippen MR) is 87.3 cm³/mol. The first-order chi connectivity index (χ1) is 10.6.